The molecule has 2 rings (SSSR count). The summed E-state index contributed by atoms with van der Waals surface area (Å²) in [6.45, 7) is 2.75. The molecule has 0 aromatic carbocycles. The van der Waals surface area contributed by atoms with Crippen LogP contribution in [0.3, 0.4) is 0 Å². The van der Waals surface area contributed by atoms with Crippen molar-refractivity contribution < 1.29 is 13.2 Å². The quantitative estimate of drug-likeness (QED) is 0.848. The molecular formula is C13H18F3N3. The second kappa shape index (κ2) is 5.86. The highest BCUT2D eigenvalue weighted by molar-refractivity contribution is 5.07. The summed E-state index contributed by atoms with van der Waals surface area (Å²) in [6.07, 6.45) is 0.862. The van der Waals surface area contributed by atoms with Crippen LogP contribution in [0.4, 0.5) is 13.2 Å². The van der Waals surface area contributed by atoms with E-state index in [9.17, 15) is 13.2 Å². The molecule has 2 heterocycles. The molecule has 1 fully saturated rings. The van der Waals surface area contributed by atoms with Gasteiger partial charge in [-0.1, -0.05) is 6.92 Å². The average Bonchev–Trinajstić information content (AvgIpc) is 2.39. The lowest BCUT2D eigenvalue weighted by molar-refractivity contribution is -0.174. The van der Waals surface area contributed by atoms with Gasteiger partial charge in [0.25, 0.3) is 0 Å². The molecule has 0 saturated carbocycles. The fraction of sp³-hybridized carbons (Fsp3) is 0.692. The number of likely N-dealkylation sites (tertiary alicyclic amines) is 1. The Kier molecular flexibility index (Phi) is 4.39. The van der Waals surface area contributed by atoms with Crippen molar-refractivity contribution in [2.24, 2.45) is 5.92 Å². The molecule has 1 aliphatic rings. The summed E-state index contributed by atoms with van der Waals surface area (Å²) in [5, 5.41) is 0. The number of hydrogen-bond donors (Lipinski definition) is 0. The predicted octanol–water partition coefficient (Wildman–Crippen LogP) is 2.85. The lowest BCUT2D eigenvalue weighted by atomic mass is 9.93. The number of nitrogens with zero attached hydrogens (tertiary/aromatic N) is 3. The summed E-state index contributed by atoms with van der Waals surface area (Å²) in [6, 6.07) is 1.89. The van der Waals surface area contributed by atoms with E-state index in [2.05, 4.69) is 9.97 Å². The van der Waals surface area contributed by atoms with Gasteiger partial charge >= 0.3 is 6.18 Å². The molecule has 0 spiro atoms. The standard InChI is InChI=1S/C13H18F3N3/c1-10(13(14,15)16)8-19-6-3-11(4-7-19)12-2-5-17-9-18-12/h2,5,9-11H,3-4,6-8H2,1H3/t10-/m0/s1. The maximum Gasteiger partial charge on any atom is 0.392 e. The minimum atomic E-state index is -4.09. The first-order valence-electron chi connectivity index (χ1n) is 6.52. The van der Waals surface area contributed by atoms with E-state index in [4.69, 9.17) is 0 Å². The van der Waals surface area contributed by atoms with Crippen LogP contribution in [0.15, 0.2) is 18.6 Å². The normalized spacial score (nSPS) is 20.4. The van der Waals surface area contributed by atoms with Crippen LogP contribution >= 0.6 is 0 Å². The maximum absolute atomic E-state index is 12.5. The Bertz CT molecular complexity index is 386. The van der Waals surface area contributed by atoms with Gasteiger partial charge in [-0.3, -0.25) is 0 Å². The first-order valence-corrected chi connectivity index (χ1v) is 6.52. The van der Waals surface area contributed by atoms with Crippen LogP contribution in [0.25, 0.3) is 0 Å². The topological polar surface area (TPSA) is 29.0 Å². The Morgan fingerprint density at radius 3 is 2.58 bits per heavy atom. The van der Waals surface area contributed by atoms with E-state index in [0.717, 1.165) is 18.5 Å². The molecule has 106 valence electrons. The third-order valence-corrected chi connectivity index (χ3v) is 3.70. The molecule has 0 bridgehead atoms. The van der Waals surface area contributed by atoms with Crippen molar-refractivity contribution in [1.29, 1.82) is 0 Å². The Morgan fingerprint density at radius 1 is 1.37 bits per heavy atom. The number of rotatable bonds is 3. The third-order valence-electron chi connectivity index (χ3n) is 3.70. The van der Waals surface area contributed by atoms with E-state index in [0.29, 0.717) is 19.0 Å². The lowest BCUT2D eigenvalue weighted by Crippen LogP contribution is -2.39. The SMILES string of the molecule is C[C@@H](CN1CCC(c2ccncn2)CC1)C(F)(F)F. The smallest absolute Gasteiger partial charge is 0.303 e. The van der Waals surface area contributed by atoms with Crippen LogP contribution in [0.2, 0.25) is 0 Å². The van der Waals surface area contributed by atoms with Crippen molar-refractivity contribution in [3.8, 4) is 0 Å². The van der Waals surface area contributed by atoms with Crippen LogP contribution in [-0.4, -0.2) is 40.7 Å². The van der Waals surface area contributed by atoms with Crippen molar-refractivity contribution in [2.45, 2.75) is 31.9 Å². The van der Waals surface area contributed by atoms with Crippen molar-refractivity contribution in [3.63, 3.8) is 0 Å². The monoisotopic (exact) mass is 273 g/mol. The van der Waals surface area contributed by atoms with Gasteiger partial charge in [-0.25, -0.2) is 9.97 Å². The van der Waals surface area contributed by atoms with Gasteiger partial charge in [-0.05, 0) is 32.0 Å². The van der Waals surface area contributed by atoms with Crippen LogP contribution in [0.5, 0.6) is 0 Å². The maximum atomic E-state index is 12.5. The van der Waals surface area contributed by atoms with E-state index in [1.165, 1.54) is 13.3 Å². The summed E-state index contributed by atoms with van der Waals surface area (Å²) in [7, 11) is 0. The Morgan fingerprint density at radius 2 is 2.05 bits per heavy atom. The van der Waals surface area contributed by atoms with Crippen molar-refractivity contribution in [3.05, 3.63) is 24.3 Å². The minimum absolute atomic E-state index is 0.0972. The molecular weight excluding hydrogens is 255 g/mol. The summed E-state index contributed by atoms with van der Waals surface area (Å²) in [4.78, 5) is 9.99. The molecule has 1 aromatic rings. The molecule has 0 N–H and O–H groups in total. The molecule has 1 aliphatic heterocycles. The van der Waals surface area contributed by atoms with E-state index in [-0.39, 0.29) is 6.54 Å². The molecule has 1 saturated heterocycles. The second-order valence-electron chi connectivity index (χ2n) is 5.15. The first kappa shape index (κ1) is 14.2. The second-order valence-corrected chi connectivity index (χ2v) is 5.15. The molecule has 0 unspecified atom stereocenters. The van der Waals surface area contributed by atoms with Crippen LogP contribution in [0.1, 0.15) is 31.4 Å². The van der Waals surface area contributed by atoms with Gasteiger partial charge in [-0.15, -0.1) is 0 Å². The highest BCUT2D eigenvalue weighted by Crippen LogP contribution is 2.30. The highest BCUT2D eigenvalue weighted by Gasteiger charge is 2.37. The van der Waals surface area contributed by atoms with Crippen LogP contribution < -0.4 is 0 Å². The summed E-state index contributed by atoms with van der Waals surface area (Å²) < 4.78 is 37.5. The molecule has 19 heavy (non-hydrogen) atoms. The predicted molar refractivity (Wildman–Crippen MR) is 65.7 cm³/mol. The Hall–Kier alpha value is -1.17. The van der Waals surface area contributed by atoms with Gasteiger partial charge in [0.05, 0.1) is 5.92 Å². The number of halogens is 3. The zero-order valence-electron chi connectivity index (χ0n) is 10.9. The van der Waals surface area contributed by atoms with E-state index < -0.39 is 12.1 Å². The van der Waals surface area contributed by atoms with Gasteiger partial charge < -0.3 is 4.90 Å². The van der Waals surface area contributed by atoms with Gasteiger partial charge in [0.15, 0.2) is 0 Å². The molecule has 1 aromatic heterocycles. The number of piperidine rings is 1. The first-order chi connectivity index (χ1) is 8.97. The van der Waals surface area contributed by atoms with E-state index in [1.54, 1.807) is 6.20 Å². The minimum Gasteiger partial charge on any atom is -0.303 e. The molecule has 3 nitrogen and oxygen atoms in total. The Labute approximate surface area is 110 Å². The molecule has 0 aliphatic carbocycles. The molecule has 6 heteroatoms. The summed E-state index contributed by atoms with van der Waals surface area (Å²) in [5.41, 5.74) is 0.999. The summed E-state index contributed by atoms with van der Waals surface area (Å²) >= 11 is 0. The fourth-order valence-corrected chi connectivity index (χ4v) is 2.44. The zero-order valence-corrected chi connectivity index (χ0v) is 10.9. The summed E-state index contributed by atoms with van der Waals surface area (Å²) in [5.74, 6) is -0.913. The van der Waals surface area contributed by atoms with Crippen LogP contribution in [-0.2, 0) is 0 Å². The largest absolute Gasteiger partial charge is 0.392 e. The molecule has 0 radical (unpaired) electrons. The van der Waals surface area contributed by atoms with Crippen molar-refractivity contribution >= 4 is 0 Å². The van der Waals surface area contributed by atoms with Gasteiger partial charge in [-0.2, -0.15) is 13.2 Å². The van der Waals surface area contributed by atoms with Crippen molar-refractivity contribution in [1.82, 2.24) is 14.9 Å². The van der Waals surface area contributed by atoms with Gasteiger partial charge in [0.2, 0.25) is 0 Å². The number of hydrogen-bond acceptors (Lipinski definition) is 3. The van der Waals surface area contributed by atoms with Gasteiger partial charge in [0, 0.05) is 24.4 Å². The number of aromatic nitrogens is 2. The number of alkyl halides is 3. The molecule has 0 amide bonds. The van der Waals surface area contributed by atoms with E-state index >= 15 is 0 Å². The van der Waals surface area contributed by atoms with E-state index in [1.807, 2.05) is 11.0 Å². The average molecular weight is 273 g/mol. The van der Waals surface area contributed by atoms with Crippen molar-refractivity contribution in [2.75, 3.05) is 19.6 Å². The Balaban J connectivity index is 1.83. The third kappa shape index (κ3) is 3.89. The fourth-order valence-electron chi connectivity index (χ4n) is 2.44. The molecule has 1 atom stereocenters. The van der Waals surface area contributed by atoms with Crippen LogP contribution in [0, 0.1) is 5.92 Å². The zero-order chi connectivity index (χ0) is 13.9. The van der Waals surface area contributed by atoms with Gasteiger partial charge in [0.1, 0.15) is 6.33 Å². The lowest BCUT2D eigenvalue weighted by Gasteiger charge is -2.33. The highest BCUT2D eigenvalue weighted by atomic mass is 19.4.